The Bertz CT molecular complexity index is 535. The van der Waals surface area contributed by atoms with Gasteiger partial charge in [0.25, 0.3) is 0 Å². The fourth-order valence-electron chi connectivity index (χ4n) is 1.92. The van der Waals surface area contributed by atoms with E-state index in [-0.39, 0.29) is 0 Å². The van der Waals surface area contributed by atoms with Crippen LogP contribution in [0.4, 0.5) is 0 Å². The number of thiocarbonyl (C=S) groups is 1. The Morgan fingerprint density at radius 3 is 2.30 bits per heavy atom. The van der Waals surface area contributed by atoms with Gasteiger partial charge in [-0.05, 0) is 36.7 Å². The van der Waals surface area contributed by atoms with Crippen LogP contribution < -0.4 is 10.6 Å². The summed E-state index contributed by atoms with van der Waals surface area (Å²) in [5, 5.41) is 7.17. The van der Waals surface area contributed by atoms with Crippen LogP contribution in [0.5, 0.6) is 0 Å². The van der Waals surface area contributed by atoms with Crippen molar-refractivity contribution < 1.29 is 0 Å². The molecule has 2 nitrogen and oxygen atoms in total. The summed E-state index contributed by atoms with van der Waals surface area (Å²) in [4.78, 5) is 0. The highest BCUT2D eigenvalue weighted by atomic mass is 32.1. The monoisotopic (exact) mass is 284 g/mol. The second-order valence-corrected chi connectivity index (χ2v) is 5.24. The Labute approximate surface area is 126 Å². The molecule has 0 aliphatic rings. The lowest BCUT2D eigenvalue weighted by atomic mass is 10.1. The molecular formula is C17H20N2S. The number of hydrogen-bond donors (Lipinski definition) is 2. The first-order valence-corrected chi connectivity index (χ1v) is 7.26. The number of nitrogens with one attached hydrogen (secondary N) is 2. The minimum atomic E-state index is 0.710. The average Bonchev–Trinajstić information content (AvgIpc) is 2.48. The van der Waals surface area contributed by atoms with Gasteiger partial charge >= 0.3 is 0 Å². The first-order chi connectivity index (χ1) is 9.74. The van der Waals surface area contributed by atoms with Gasteiger partial charge in [0.2, 0.25) is 0 Å². The van der Waals surface area contributed by atoms with E-state index in [0.29, 0.717) is 5.11 Å². The molecule has 0 aromatic heterocycles. The van der Waals surface area contributed by atoms with Gasteiger partial charge in [0, 0.05) is 13.1 Å². The summed E-state index contributed by atoms with van der Waals surface area (Å²) in [5.74, 6) is 0. The molecule has 0 bridgehead atoms. The van der Waals surface area contributed by atoms with Gasteiger partial charge in [-0.1, -0.05) is 60.2 Å². The molecule has 104 valence electrons. The van der Waals surface area contributed by atoms with Crippen LogP contribution in [-0.2, 0) is 13.0 Å². The number of aryl methyl sites for hydroxylation is 1. The summed E-state index contributed by atoms with van der Waals surface area (Å²) in [7, 11) is 0. The maximum absolute atomic E-state index is 5.27. The highest BCUT2D eigenvalue weighted by Crippen LogP contribution is 2.02. The van der Waals surface area contributed by atoms with Crippen molar-refractivity contribution in [1.82, 2.24) is 10.6 Å². The van der Waals surface area contributed by atoms with Gasteiger partial charge in [0.05, 0.1) is 0 Å². The van der Waals surface area contributed by atoms with Crippen LogP contribution in [0.25, 0.3) is 0 Å². The first-order valence-electron chi connectivity index (χ1n) is 6.85. The van der Waals surface area contributed by atoms with Crippen molar-refractivity contribution in [2.75, 3.05) is 6.54 Å². The van der Waals surface area contributed by atoms with Gasteiger partial charge < -0.3 is 10.6 Å². The van der Waals surface area contributed by atoms with Crippen molar-refractivity contribution in [3.63, 3.8) is 0 Å². The van der Waals surface area contributed by atoms with E-state index >= 15 is 0 Å². The topological polar surface area (TPSA) is 24.1 Å². The predicted molar refractivity (Wildman–Crippen MR) is 88.8 cm³/mol. The molecule has 0 saturated carbocycles. The normalized spacial score (nSPS) is 10.1. The van der Waals surface area contributed by atoms with Gasteiger partial charge in [0.15, 0.2) is 5.11 Å². The first kappa shape index (κ1) is 14.5. The maximum atomic E-state index is 5.27. The third-order valence-corrected chi connectivity index (χ3v) is 3.40. The van der Waals surface area contributed by atoms with Crippen LogP contribution in [0.2, 0.25) is 0 Å². The standard InChI is InChI=1S/C17H20N2S/c1-14-7-9-16(10-8-14)13-19-17(20)18-12-11-15-5-3-2-4-6-15/h2-10H,11-13H2,1H3,(H2,18,19,20). The lowest BCUT2D eigenvalue weighted by Crippen LogP contribution is -2.35. The highest BCUT2D eigenvalue weighted by molar-refractivity contribution is 7.80. The van der Waals surface area contributed by atoms with E-state index in [4.69, 9.17) is 12.2 Å². The Morgan fingerprint density at radius 1 is 0.900 bits per heavy atom. The zero-order chi connectivity index (χ0) is 14.2. The van der Waals surface area contributed by atoms with Crippen LogP contribution >= 0.6 is 12.2 Å². The van der Waals surface area contributed by atoms with Crippen LogP contribution in [0.3, 0.4) is 0 Å². The third kappa shape index (κ3) is 5.02. The van der Waals surface area contributed by atoms with Gasteiger partial charge in [-0.15, -0.1) is 0 Å². The Balaban J connectivity index is 1.67. The number of rotatable bonds is 5. The molecule has 2 N–H and O–H groups in total. The van der Waals surface area contributed by atoms with E-state index in [0.717, 1.165) is 19.5 Å². The van der Waals surface area contributed by atoms with Crippen LogP contribution in [0, 0.1) is 6.92 Å². The Hall–Kier alpha value is -1.87. The SMILES string of the molecule is Cc1ccc(CNC(=S)NCCc2ccccc2)cc1. The molecule has 0 heterocycles. The highest BCUT2D eigenvalue weighted by Gasteiger charge is 1.97. The predicted octanol–water partition coefficient (Wildman–Crippen LogP) is 3.20. The van der Waals surface area contributed by atoms with Crippen molar-refractivity contribution in [3.8, 4) is 0 Å². The van der Waals surface area contributed by atoms with Crippen molar-refractivity contribution in [1.29, 1.82) is 0 Å². The second kappa shape index (κ2) is 7.65. The quantitative estimate of drug-likeness (QED) is 0.825. The molecule has 0 amide bonds. The fourth-order valence-corrected chi connectivity index (χ4v) is 2.09. The number of hydrogen-bond acceptors (Lipinski definition) is 1. The molecule has 0 spiro atoms. The molecular weight excluding hydrogens is 264 g/mol. The molecule has 0 aliphatic carbocycles. The largest absolute Gasteiger partial charge is 0.362 e. The summed E-state index contributed by atoms with van der Waals surface area (Å²) in [6.45, 7) is 3.70. The summed E-state index contributed by atoms with van der Waals surface area (Å²) in [5.41, 5.74) is 3.83. The van der Waals surface area contributed by atoms with E-state index in [1.165, 1.54) is 16.7 Å². The molecule has 0 saturated heterocycles. The molecule has 3 heteroatoms. The Kier molecular flexibility index (Phi) is 5.56. The molecule has 0 unspecified atom stereocenters. The van der Waals surface area contributed by atoms with Crippen molar-refractivity contribution >= 4 is 17.3 Å². The molecule has 2 rings (SSSR count). The van der Waals surface area contributed by atoms with E-state index in [1.807, 2.05) is 6.07 Å². The average molecular weight is 284 g/mol. The Morgan fingerprint density at radius 2 is 1.60 bits per heavy atom. The van der Waals surface area contributed by atoms with Crippen LogP contribution in [0.1, 0.15) is 16.7 Å². The zero-order valence-electron chi connectivity index (χ0n) is 11.7. The van der Waals surface area contributed by atoms with Gasteiger partial charge in [0.1, 0.15) is 0 Å². The molecule has 20 heavy (non-hydrogen) atoms. The smallest absolute Gasteiger partial charge is 0.166 e. The summed E-state index contributed by atoms with van der Waals surface area (Å²) < 4.78 is 0. The third-order valence-electron chi connectivity index (χ3n) is 3.12. The van der Waals surface area contributed by atoms with Crippen molar-refractivity contribution in [2.24, 2.45) is 0 Å². The maximum Gasteiger partial charge on any atom is 0.166 e. The summed E-state index contributed by atoms with van der Waals surface area (Å²) in [6.07, 6.45) is 0.979. The molecule has 0 atom stereocenters. The minimum absolute atomic E-state index is 0.710. The zero-order valence-corrected chi connectivity index (χ0v) is 12.5. The fraction of sp³-hybridized carbons (Fsp3) is 0.235. The van der Waals surface area contributed by atoms with Crippen molar-refractivity contribution in [3.05, 3.63) is 71.3 Å². The number of benzene rings is 2. The molecule has 0 fully saturated rings. The summed E-state index contributed by atoms with van der Waals surface area (Å²) >= 11 is 5.27. The lowest BCUT2D eigenvalue weighted by Gasteiger charge is -2.10. The van der Waals surface area contributed by atoms with Crippen LogP contribution in [-0.4, -0.2) is 11.7 Å². The van der Waals surface area contributed by atoms with Gasteiger partial charge in [-0.2, -0.15) is 0 Å². The van der Waals surface area contributed by atoms with Crippen LogP contribution in [0.15, 0.2) is 54.6 Å². The van der Waals surface area contributed by atoms with Gasteiger partial charge in [-0.25, -0.2) is 0 Å². The van der Waals surface area contributed by atoms with E-state index in [2.05, 4.69) is 66.1 Å². The lowest BCUT2D eigenvalue weighted by molar-refractivity contribution is 0.814. The summed E-state index contributed by atoms with van der Waals surface area (Å²) in [6, 6.07) is 18.9. The van der Waals surface area contributed by atoms with E-state index in [1.54, 1.807) is 0 Å². The van der Waals surface area contributed by atoms with Gasteiger partial charge in [-0.3, -0.25) is 0 Å². The molecule has 2 aromatic rings. The van der Waals surface area contributed by atoms with E-state index in [9.17, 15) is 0 Å². The second-order valence-electron chi connectivity index (χ2n) is 4.83. The van der Waals surface area contributed by atoms with Crippen molar-refractivity contribution in [2.45, 2.75) is 19.9 Å². The van der Waals surface area contributed by atoms with E-state index < -0.39 is 0 Å². The minimum Gasteiger partial charge on any atom is -0.362 e. The molecule has 2 aromatic carbocycles. The molecule has 0 aliphatic heterocycles. The molecule has 0 radical (unpaired) electrons.